The van der Waals surface area contributed by atoms with Crippen LogP contribution in [-0.4, -0.2) is 27.6 Å². The summed E-state index contributed by atoms with van der Waals surface area (Å²) in [5.41, 5.74) is 0. The van der Waals surface area contributed by atoms with Gasteiger partial charge in [-0.3, -0.25) is 0 Å². The van der Waals surface area contributed by atoms with Crippen LogP contribution in [0.4, 0.5) is 5.13 Å². The number of anilines is 1. The Balaban J connectivity index is 1.96. The van der Waals surface area contributed by atoms with Crippen LogP contribution in [0.2, 0.25) is 0 Å². The maximum Gasteiger partial charge on any atom is 0.202 e. The molecule has 0 atom stereocenters. The smallest absolute Gasteiger partial charge is 0.202 e. The van der Waals surface area contributed by atoms with Gasteiger partial charge in [0, 0.05) is 24.7 Å². The molecule has 0 unspecified atom stereocenters. The molecule has 68 valence electrons. The lowest BCUT2D eigenvalue weighted by Gasteiger charge is -1.99. The summed E-state index contributed by atoms with van der Waals surface area (Å²) < 4.78 is 3.87. The van der Waals surface area contributed by atoms with Gasteiger partial charge >= 0.3 is 0 Å². The van der Waals surface area contributed by atoms with Crippen LogP contribution >= 0.6 is 11.5 Å². The highest BCUT2D eigenvalue weighted by atomic mass is 32.1. The van der Waals surface area contributed by atoms with Gasteiger partial charge in [-0.15, -0.1) is 0 Å². The molecule has 0 aliphatic heterocycles. The summed E-state index contributed by atoms with van der Waals surface area (Å²) in [7, 11) is 0. The molecule has 0 aliphatic carbocycles. The first kappa shape index (κ1) is 9.41. The van der Waals surface area contributed by atoms with Gasteiger partial charge in [0.2, 0.25) is 5.13 Å². The number of unbranched alkanes of at least 4 members (excludes halogenated alkanes) is 2. The third-order valence-corrected chi connectivity index (χ3v) is 2.09. The Hall–Kier alpha value is -0.680. The van der Waals surface area contributed by atoms with Gasteiger partial charge in [0.05, 0.1) is 0 Å². The molecule has 4 nitrogen and oxygen atoms in total. The second-order valence-electron chi connectivity index (χ2n) is 2.46. The molecule has 0 amide bonds. The van der Waals surface area contributed by atoms with Gasteiger partial charge < -0.3 is 10.4 Å². The predicted octanol–water partition coefficient (Wildman–Crippen LogP) is 1.11. The quantitative estimate of drug-likeness (QED) is 0.655. The minimum Gasteiger partial charge on any atom is -0.396 e. The van der Waals surface area contributed by atoms with Crippen LogP contribution in [0.1, 0.15) is 19.3 Å². The van der Waals surface area contributed by atoms with Crippen LogP contribution in [0.5, 0.6) is 0 Å². The van der Waals surface area contributed by atoms with Crippen molar-refractivity contribution in [2.45, 2.75) is 19.3 Å². The van der Waals surface area contributed by atoms with E-state index in [1.165, 1.54) is 11.5 Å². The average Bonchev–Trinajstić information content (AvgIpc) is 2.57. The van der Waals surface area contributed by atoms with Crippen molar-refractivity contribution in [1.82, 2.24) is 9.36 Å². The molecule has 12 heavy (non-hydrogen) atoms. The lowest BCUT2D eigenvalue weighted by molar-refractivity contribution is 0.283. The van der Waals surface area contributed by atoms with Crippen LogP contribution in [0.3, 0.4) is 0 Å². The first-order valence-corrected chi connectivity index (χ1v) is 4.82. The first-order chi connectivity index (χ1) is 5.93. The van der Waals surface area contributed by atoms with E-state index in [9.17, 15) is 0 Å². The van der Waals surface area contributed by atoms with Gasteiger partial charge in [-0.1, -0.05) is 0 Å². The number of hydrogen-bond acceptors (Lipinski definition) is 5. The molecule has 0 aliphatic rings. The van der Waals surface area contributed by atoms with Crippen molar-refractivity contribution in [3.05, 3.63) is 6.33 Å². The lowest BCUT2D eigenvalue weighted by Crippen LogP contribution is -2.00. The second kappa shape index (κ2) is 5.91. The molecule has 0 saturated carbocycles. The fourth-order valence-corrected chi connectivity index (χ4v) is 1.31. The van der Waals surface area contributed by atoms with Crippen LogP contribution < -0.4 is 5.32 Å². The van der Waals surface area contributed by atoms with E-state index in [4.69, 9.17) is 5.11 Å². The SMILES string of the molecule is OCCCCCNc1ncns1. The highest BCUT2D eigenvalue weighted by Crippen LogP contribution is 2.06. The summed E-state index contributed by atoms with van der Waals surface area (Å²) >= 11 is 1.37. The third-order valence-electron chi connectivity index (χ3n) is 1.47. The number of aliphatic hydroxyl groups is 1. The predicted molar refractivity (Wildman–Crippen MR) is 49.3 cm³/mol. The van der Waals surface area contributed by atoms with E-state index in [-0.39, 0.29) is 0 Å². The zero-order valence-electron chi connectivity index (χ0n) is 6.86. The standard InChI is InChI=1S/C7H13N3OS/c11-5-3-1-2-4-8-7-9-6-10-12-7/h6,11H,1-5H2,(H,8,9,10). The summed E-state index contributed by atoms with van der Waals surface area (Å²) in [5, 5.41) is 12.5. The van der Waals surface area contributed by atoms with Crippen LogP contribution in [0, 0.1) is 0 Å². The van der Waals surface area contributed by atoms with E-state index in [0.29, 0.717) is 6.61 Å². The van der Waals surface area contributed by atoms with Crippen LogP contribution in [0.15, 0.2) is 6.33 Å². The third kappa shape index (κ3) is 3.64. The van der Waals surface area contributed by atoms with Gasteiger partial charge in [0.1, 0.15) is 6.33 Å². The number of aliphatic hydroxyl groups excluding tert-OH is 1. The van der Waals surface area contributed by atoms with E-state index in [0.717, 1.165) is 30.9 Å². The highest BCUT2D eigenvalue weighted by Gasteiger charge is 1.93. The van der Waals surface area contributed by atoms with E-state index >= 15 is 0 Å². The number of rotatable bonds is 6. The van der Waals surface area contributed by atoms with Gasteiger partial charge in [0.15, 0.2) is 0 Å². The Morgan fingerprint density at radius 2 is 2.33 bits per heavy atom. The molecule has 1 aromatic heterocycles. The normalized spacial score (nSPS) is 10.1. The van der Waals surface area contributed by atoms with E-state index in [1.807, 2.05) is 0 Å². The second-order valence-corrected chi connectivity index (χ2v) is 3.24. The molecular formula is C7H13N3OS. The Morgan fingerprint density at radius 1 is 1.42 bits per heavy atom. The Morgan fingerprint density at radius 3 is 3.00 bits per heavy atom. The van der Waals surface area contributed by atoms with Crippen molar-refractivity contribution >= 4 is 16.7 Å². The molecule has 1 rings (SSSR count). The molecule has 0 fully saturated rings. The zero-order valence-corrected chi connectivity index (χ0v) is 7.68. The first-order valence-electron chi connectivity index (χ1n) is 4.05. The van der Waals surface area contributed by atoms with E-state index in [1.54, 1.807) is 6.33 Å². The Kier molecular flexibility index (Phi) is 4.63. The molecule has 0 radical (unpaired) electrons. The molecular weight excluding hydrogens is 174 g/mol. The fourth-order valence-electron chi connectivity index (χ4n) is 0.860. The van der Waals surface area contributed by atoms with Gasteiger partial charge in [-0.25, -0.2) is 4.98 Å². The van der Waals surface area contributed by atoms with E-state index < -0.39 is 0 Å². The van der Waals surface area contributed by atoms with E-state index in [2.05, 4.69) is 14.7 Å². The van der Waals surface area contributed by atoms with Crippen molar-refractivity contribution < 1.29 is 5.11 Å². The van der Waals surface area contributed by atoms with Crippen molar-refractivity contribution in [2.75, 3.05) is 18.5 Å². The van der Waals surface area contributed by atoms with Crippen LogP contribution in [0.25, 0.3) is 0 Å². The number of nitrogens with zero attached hydrogens (tertiary/aromatic N) is 2. The average molecular weight is 187 g/mol. The summed E-state index contributed by atoms with van der Waals surface area (Å²) in [6.45, 7) is 1.20. The highest BCUT2D eigenvalue weighted by molar-refractivity contribution is 7.09. The minimum atomic E-state index is 0.290. The monoisotopic (exact) mass is 187 g/mol. The van der Waals surface area contributed by atoms with Crippen molar-refractivity contribution in [3.8, 4) is 0 Å². The number of nitrogens with one attached hydrogen (secondary N) is 1. The minimum absolute atomic E-state index is 0.290. The fraction of sp³-hybridized carbons (Fsp3) is 0.714. The molecule has 1 aromatic rings. The zero-order chi connectivity index (χ0) is 8.65. The molecule has 2 N–H and O–H groups in total. The largest absolute Gasteiger partial charge is 0.396 e. The van der Waals surface area contributed by atoms with Crippen LogP contribution in [-0.2, 0) is 0 Å². The van der Waals surface area contributed by atoms with Crippen molar-refractivity contribution in [2.24, 2.45) is 0 Å². The molecule has 0 spiro atoms. The number of aromatic nitrogens is 2. The summed E-state index contributed by atoms with van der Waals surface area (Å²) in [6.07, 6.45) is 4.56. The molecule has 0 bridgehead atoms. The maximum absolute atomic E-state index is 8.51. The molecule has 1 heterocycles. The molecule has 0 saturated heterocycles. The summed E-state index contributed by atoms with van der Waals surface area (Å²) in [5.74, 6) is 0. The topological polar surface area (TPSA) is 58.0 Å². The molecule has 5 heteroatoms. The Labute approximate surface area is 75.8 Å². The van der Waals surface area contributed by atoms with Gasteiger partial charge in [-0.2, -0.15) is 4.37 Å². The lowest BCUT2D eigenvalue weighted by atomic mass is 10.2. The Bertz CT molecular complexity index is 191. The molecule has 0 aromatic carbocycles. The number of hydrogen-bond donors (Lipinski definition) is 2. The van der Waals surface area contributed by atoms with Crippen molar-refractivity contribution in [1.29, 1.82) is 0 Å². The summed E-state index contributed by atoms with van der Waals surface area (Å²) in [4.78, 5) is 3.98. The van der Waals surface area contributed by atoms with Gasteiger partial charge in [-0.05, 0) is 19.3 Å². The van der Waals surface area contributed by atoms with Crippen molar-refractivity contribution in [3.63, 3.8) is 0 Å². The van der Waals surface area contributed by atoms with Gasteiger partial charge in [0.25, 0.3) is 0 Å². The maximum atomic E-state index is 8.51. The summed E-state index contributed by atoms with van der Waals surface area (Å²) in [6, 6.07) is 0.